The highest BCUT2D eigenvalue weighted by molar-refractivity contribution is 7.68. The van der Waals surface area contributed by atoms with Crippen LogP contribution in [0.15, 0.2) is 30.3 Å². The molecule has 76 valence electrons. The third kappa shape index (κ3) is 1.32. The van der Waals surface area contributed by atoms with Gasteiger partial charge in [0.2, 0.25) is 0 Å². The number of rotatable bonds is 1. The lowest BCUT2D eigenvalue weighted by molar-refractivity contribution is 0.280. The molecule has 0 bridgehead atoms. The summed E-state index contributed by atoms with van der Waals surface area (Å²) < 4.78 is 0. The Balaban J connectivity index is 2.26. The summed E-state index contributed by atoms with van der Waals surface area (Å²) >= 11 is 0. The van der Waals surface area contributed by atoms with E-state index >= 15 is 0 Å². The maximum atomic E-state index is 2.43. The van der Waals surface area contributed by atoms with E-state index in [-0.39, 0.29) is 7.92 Å². The van der Waals surface area contributed by atoms with Crippen molar-refractivity contribution in [2.75, 3.05) is 6.16 Å². The van der Waals surface area contributed by atoms with Crippen LogP contribution in [0.25, 0.3) is 0 Å². The van der Waals surface area contributed by atoms with Crippen molar-refractivity contribution in [2.24, 2.45) is 5.41 Å². The maximum Gasteiger partial charge on any atom is -0.00561 e. The number of hydrogen-bond donors (Lipinski definition) is 0. The molecule has 1 heteroatoms. The monoisotopic (exact) mass is 206 g/mol. The van der Waals surface area contributed by atoms with E-state index in [0.29, 0.717) is 10.6 Å². The molecular weight excluding hydrogens is 187 g/mol. The van der Waals surface area contributed by atoms with Crippen LogP contribution in [0.2, 0.25) is 0 Å². The summed E-state index contributed by atoms with van der Waals surface area (Å²) in [5.41, 5.74) is 0.522. The molecule has 1 saturated heterocycles. The molecule has 0 saturated carbocycles. The lowest BCUT2D eigenvalue weighted by Crippen LogP contribution is -2.52. The van der Waals surface area contributed by atoms with E-state index in [1.54, 1.807) is 5.30 Å². The third-order valence-electron chi connectivity index (χ3n) is 3.95. The van der Waals surface area contributed by atoms with Gasteiger partial charge in [0.25, 0.3) is 0 Å². The molecule has 0 nitrogen and oxygen atoms in total. The van der Waals surface area contributed by atoms with Crippen molar-refractivity contribution >= 4 is 13.2 Å². The molecule has 2 rings (SSSR count). The second-order valence-corrected chi connectivity index (χ2v) is 8.17. The van der Waals surface area contributed by atoms with E-state index in [1.165, 1.54) is 6.16 Å². The average molecular weight is 206 g/mol. The van der Waals surface area contributed by atoms with Gasteiger partial charge in [0.15, 0.2) is 0 Å². The molecule has 14 heavy (non-hydrogen) atoms. The van der Waals surface area contributed by atoms with E-state index in [0.717, 1.165) is 0 Å². The van der Waals surface area contributed by atoms with E-state index in [4.69, 9.17) is 0 Å². The van der Waals surface area contributed by atoms with Crippen LogP contribution in [0.4, 0.5) is 0 Å². The van der Waals surface area contributed by atoms with Crippen LogP contribution in [-0.4, -0.2) is 11.3 Å². The first kappa shape index (κ1) is 10.2. The Labute approximate surface area is 88.5 Å². The highest BCUT2D eigenvalue weighted by Gasteiger charge is 2.53. The zero-order chi connectivity index (χ0) is 10.4. The molecule has 1 heterocycles. The summed E-state index contributed by atoms with van der Waals surface area (Å²) in [6.45, 7) is 9.65. The van der Waals surface area contributed by atoms with E-state index in [2.05, 4.69) is 58.0 Å². The Morgan fingerprint density at radius 3 is 2.00 bits per heavy atom. The summed E-state index contributed by atoms with van der Waals surface area (Å²) in [5, 5.41) is 2.08. The Kier molecular flexibility index (Phi) is 2.23. The van der Waals surface area contributed by atoms with Crippen LogP contribution in [0.3, 0.4) is 0 Å². The van der Waals surface area contributed by atoms with Crippen LogP contribution in [0, 0.1) is 5.41 Å². The van der Waals surface area contributed by atoms with Gasteiger partial charge >= 0.3 is 0 Å². The largest absolute Gasteiger partial charge is 0.0684 e. The molecule has 1 aromatic rings. The first-order valence-electron chi connectivity index (χ1n) is 5.28. The second-order valence-electron chi connectivity index (χ2n) is 5.36. The van der Waals surface area contributed by atoms with Gasteiger partial charge in [0, 0.05) is 0 Å². The first-order chi connectivity index (χ1) is 6.45. The lowest BCUT2D eigenvalue weighted by atomic mass is 9.81. The third-order valence-corrected chi connectivity index (χ3v) is 7.94. The van der Waals surface area contributed by atoms with Crippen molar-refractivity contribution in [1.29, 1.82) is 0 Å². The van der Waals surface area contributed by atoms with Crippen molar-refractivity contribution in [2.45, 2.75) is 32.9 Å². The van der Waals surface area contributed by atoms with Gasteiger partial charge in [-0.15, -0.1) is 0 Å². The van der Waals surface area contributed by atoms with Crippen LogP contribution in [0.1, 0.15) is 27.7 Å². The van der Waals surface area contributed by atoms with Crippen LogP contribution in [0.5, 0.6) is 0 Å². The van der Waals surface area contributed by atoms with Crippen LogP contribution in [-0.2, 0) is 0 Å². The van der Waals surface area contributed by atoms with Gasteiger partial charge in [-0.3, -0.25) is 0 Å². The van der Waals surface area contributed by atoms with E-state index < -0.39 is 0 Å². The fourth-order valence-electron chi connectivity index (χ4n) is 2.08. The number of benzene rings is 1. The summed E-state index contributed by atoms with van der Waals surface area (Å²) in [4.78, 5) is 0. The highest BCUT2D eigenvalue weighted by atomic mass is 31.1. The Hall–Kier alpha value is -0.350. The SMILES string of the molecule is CC1(C)CP(c2ccccc2)C1(C)C. The summed E-state index contributed by atoms with van der Waals surface area (Å²) in [7, 11) is 0.0759. The van der Waals surface area contributed by atoms with Gasteiger partial charge in [0.05, 0.1) is 0 Å². The minimum absolute atomic E-state index is 0.0759. The van der Waals surface area contributed by atoms with Crippen LogP contribution >= 0.6 is 7.92 Å². The zero-order valence-electron chi connectivity index (χ0n) is 9.54. The average Bonchev–Trinajstić information content (AvgIpc) is 2.16. The van der Waals surface area contributed by atoms with Crippen molar-refractivity contribution in [3.05, 3.63) is 30.3 Å². The van der Waals surface area contributed by atoms with Crippen molar-refractivity contribution < 1.29 is 0 Å². The lowest BCUT2D eigenvalue weighted by Gasteiger charge is -2.59. The maximum absolute atomic E-state index is 2.43. The molecule has 1 fully saturated rings. The molecule has 0 amide bonds. The van der Waals surface area contributed by atoms with Gasteiger partial charge in [-0.05, 0) is 22.0 Å². The predicted molar refractivity (Wildman–Crippen MR) is 65.7 cm³/mol. The van der Waals surface area contributed by atoms with Gasteiger partial charge in [-0.1, -0.05) is 65.9 Å². The fraction of sp³-hybridized carbons (Fsp3) is 0.538. The van der Waals surface area contributed by atoms with Gasteiger partial charge < -0.3 is 0 Å². The van der Waals surface area contributed by atoms with Crippen molar-refractivity contribution in [1.82, 2.24) is 0 Å². The molecular formula is C13H19P. The number of hydrogen-bond acceptors (Lipinski definition) is 0. The van der Waals surface area contributed by atoms with Gasteiger partial charge in [-0.25, -0.2) is 0 Å². The highest BCUT2D eigenvalue weighted by Crippen LogP contribution is 2.69. The molecule has 1 aliphatic heterocycles. The Bertz CT molecular complexity index is 324. The normalized spacial score (nSPS) is 28.1. The van der Waals surface area contributed by atoms with Crippen LogP contribution < -0.4 is 5.30 Å². The molecule has 1 aliphatic rings. The van der Waals surface area contributed by atoms with Crippen molar-refractivity contribution in [3.8, 4) is 0 Å². The van der Waals surface area contributed by atoms with E-state index in [1.807, 2.05) is 0 Å². The predicted octanol–water partition coefficient (Wildman–Crippen LogP) is 3.61. The van der Waals surface area contributed by atoms with E-state index in [9.17, 15) is 0 Å². The molecule has 0 N–H and O–H groups in total. The first-order valence-corrected chi connectivity index (χ1v) is 6.80. The minimum atomic E-state index is 0.0759. The van der Waals surface area contributed by atoms with Gasteiger partial charge in [0.1, 0.15) is 0 Å². The molecule has 0 aromatic heterocycles. The zero-order valence-corrected chi connectivity index (χ0v) is 10.4. The standard InChI is InChI=1S/C13H19P/c1-12(2)10-14(13(12,3)4)11-8-6-5-7-9-11/h5-9H,10H2,1-4H3. The minimum Gasteiger partial charge on any atom is -0.0684 e. The summed E-state index contributed by atoms with van der Waals surface area (Å²) in [6, 6.07) is 11.0. The molecule has 1 unspecified atom stereocenters. The molecule has 0 aliphatic carbocycles. The second kappa shape index (κ2) is 3.07. The Morgan fingerprint density at radius 2 is 1.57 bits per heavy atom. The van der Waals surface area contributed by atoms with Crippen molar-refractivity contribution in [3.63, 3.8) is 0 Å². The topological polar surface area (TPSA) is 0 Å². The molecule has 1 atom stereocenters. The quantitative estimate of drug-likeness (QED) is 0.616. The molecule has 1 aromatic carbocycles. The summed E-state index contributed by atoms with van der Waals surface area (Å²) in [5.74, 6) is 0. The molecule has 0 radical (unpaired) electrons. The Morgan fingerprint density at radius 1 is 1.00 bits per heavy atom. The fourth-order valence-corrected chi connectivity index (χ4v) is 5.56. The summed E-state index contributed by atoms with van der Waals surface area (Å²) in [6.07, 6.45) is 1.39. The molecule has 0 spiro atoms. The smallest absolute Gasteiger partial charge is 0.00561 e. The van der Waals surface area contributed by atoms with Gasteiger partial charge in [-0.2, -0.15) is 0 Å².